The Balaban J connectivity index is 2.03. The van der Waals surface area contributed by atoms with Crippen LogP contribution < -0.4 is 4.90 Å². The van der Waals surface area contributed by atoms with E-state index in [1.165, 1.54) is 0 Å². The Labute approximate surface area is 93.8 Å². The van der Waals surface area contributed by atoms with Crippen LogP contribution in [0.1, 0.15) is 5.56 Å². The molecule has 1 heterocycles. The number of nitro groups is 1. The molecule has 16 heavy (non-hydrogen) atoms. The van der Waals surface area contributed by atoms with Crippen molar-refractivity contribution in [3.8, 4) is 0 Å². The standard InChI is InChI=1S/C11H14N2O3/c14-13(15)9-10-1-3-11(4-2-10)12-5-7-16-8-6-12/h1-4H,5-9H2. The van der Waals surface area contributed by atoms with Crippen LogP contribution in [0.25, 0.3) is 0 Å². The second-order valence-corrected chi connectivity index (χ2v) is 3.76. The summed E-state index contributed by atoms with van der Waals surface area (Å²) in [5, 5.41) is 10.3. The van der Waals surface area contributed by atoms with Gasteiger partial charge in [-0.05, 0) is 12.1 Å². The zero-order chi connectivity index (χ0) is 11.4. The smallest absolute Gasteiger partial charge is 0.228 e. The van der Waals surface area contributed by atoms with Gasteiger partial charge in [0, 0.05) is 29.3 Å². The number of ether oxygens (including phenoxy) is 1. The van der Waals surface area contributed by atoms with Crippen LogP contribution in [0, 0.1) is 10.1 Å². The molecule has 5 nitrogen and oxygen atoms in total. The molecule has 2 rings (SSSR count). The van der Waals surface area contributed by atoms with E-state index in [-0.39, 0.29) is 11.5 Å². The molecule has 0 N–H and O–H groups in total. The first-order valence-corrected chi connectivity index (χ1v) is 5.29. The highest BCUT2D eigenvalue weighted by atomic mass is 16.6. The largest absolute Gasteiger partial charge is 0.378 e. The zero-order valence-electron chi connectivity index (χ0n) is 8.96. The van der Waals surface area contributed by atoms with Crippen molar-refractivity contribution in [2.24, 2.45) is 0 Å². The third kappa shape index (κ3) is 2.70. The zero-order valence-corrected chi connectivity index (χ0v) is 8.96. The maximum atomic E-state index is 10.3. The van der Waals surface area contributed by atoms with E-state index in [9.17, 15) is 10.1 Å². The summed E-state index contributed by atoms with van der Waals surface area (Å²) in [6, 6.07) is 7.50. The first-order chi connectivity index (χ1) is 7.75. The van der Waals surface area contributed by atoms with Gasteiger partial charge in [0.15, 0.2) is 0 Å². The van der Waals surface area contributed by atoms with Crippen molar-refractivity contribution < 1.29 is 9.66 Å². The second-order valence-electron chi connectivity index (χ2n) is 3.76. The molecule has 1 aromatic rings. The van der Waals surface area contributed by atoms with E-state index in [0.29, 0.717) is 0 Å². The monoisotopic (exact) mass is 222 g/mol. The molecule has 1 aliphatic heterocycles. The normalized spacial score (nSPS) is 16.1. The molecule has 0 spiro atoms. The lowest BCUT2D eigenvalue weighted by Crippen LogP contribution is -2.36. The summed E-state index contributed by atoms with van der Waals surface area (Å²) in [5.41, 5.74) is 1.84. The van der Waals surface area contributed by atoms with Crippen molar-refractivity contribution in [2.75, 3.05) is 31.2 Å². The molecule has 0 amide bonds. The van der Waals surface area contributed by atoms with Crippen molar-refractivity contribution >= 4 is 5.69 Å². The fraction of sp³-hybridized carbons (Fsp3) is 0.455. The van der Waals surface area contributed by atoms with Crippen molar-refractivity contribution in [1.82, 2.24) is 0 Å². The highest BCUT2D eigenvalue weighted by Crippen LogP contribution is 2.16. The van der Waals surface area contributed by atoms with E-state index in [1.54, 1.807) is 0 Å². The van der Waals surface area contributed by atoms with Crippen LogP contribution in [0.4, 0.5) is 5.69 Å². The van der Waals surface area contributed by atoms with Gasteiger partial charge in [-0.1, -0.05) is 12.1 Å². The molecule has 1 aromatic carbocycles. The highest BCUT2D eigenvalue weighted by Gasteiger charge is 2.11. The molecule has 0 aliphatic carbocycles. The minimum Gasteiger partial charge on any atom is -0.378 e. The molecule has 0 atom stereocenters. The van der Waals surface area contributed by atoms with Gasteiger partial charge in [-0.25, -0.2) is 0 Å². The van der Waals surface area contributed by atoms with E-state index < -0.39 is 0 Å². The number of rotatable bonds is 3. The van der Waals surface area contributed by atoms with Gasteiger partial charge >= 0.3 is 0 Å². The van der Waals surface area contributed by atoms with Gasteiger partial charge in [-0.3, -0.25) is 10.1 Å². The summed E-state index contributed by atoms with van der Waals surface area (Å²) in [7, 11) is 0. The summed E-state index contributed by atoms with van der Waals surface area (Å²) in [6.45, 7) is 3.15. The molecule has 1 fully saturated rings. The molecule has 0 saturated carbocycles. The van der Waals surface area contributed by atoms with Crippen molar-refractivity contribution in [3.05, 3.63) is 39.9 Å². The first-order valence-electron chi connectivity index (χ1n) is 5.29. The maximum Gasteiger partial charge on any atom is 0.228 e. The fourth-order valence-electron chi connectivity index (χ4n) is 1.78. The lowest BCUT2D eigenvalue weighted by Gasteiger charge is -2.28. The van der Waals surface area contributed by atoms with Crippen molar-refractivity contribution in [1.29, 1.82) is 0 Å². The number of anilines is 1. The quantitative estimate of drug-likeness (QED) is 0.571. The number of benzene rings is 1. The molecular weight excluding hydrogens is 208 g/mol. The number of hydrogen-bond acceptors (Lipinski definition) is 4. The van der Waals surface area contributed by atoms with Crippen LogP contribution in [-0.2, 0) is 11.3 Å². The van der Waals surface area contributed by atoms with Gasteiger partial charge in [-0.2, -0.15) is 0 Å². The van der Waals surface area contributed by atoms with Gasteiger partial charge in [0.05, 0.1) is 13.2 Å². The third-order valence-electron chi connectivity index (χ3n) is 2.62. The minimum absolute atomic E-state index is 0.108. The van der Waals surface area contributed by atoms with Crippen LogP contribution in [0.2, 0.25) is 0 Å². The molecule has 0 radical (unpaired) electrons. The highest BCUT2D eigenvalue weighted by molar-refractivity contribution is 5.47. The van der Waals surface area contributed by atoms with Crippen LogP contribution in [0.5, 0.6) is 0 Å². The Morgan fingerprint density at radius 1 is 1.25 bits per heavy atom. The lowest BCUT2D eigenvalue weighted by atomic mass is 10.2. The topological polar surface area (TPSA) is 55.6 Å². The Morgan fingerprint density at radius 2 is 1.88 bits per heavy atom. The van der Waals surface area contributed by atoms with Gasteiger partial charge < -0.3 is 9.64 Å². The molecule has 1 aliphatic rings. The number of hydrogen-bond donors (Lipinski definition) is 0. The van der Waals surface area contributed by atoms with E-state index in [2.05, 4.69) is 4.90 Å². The van der Waals surface area contributed by atoms with E-state index in [1.807, 2.05) is 24.3 Å². The van der Waals surface area contributed by atoms with E-state index in [4.69, 9.17) is 4.74 Å². The third-order valence-corrected chi connectivity index (χ3v) is 2.62. The fourth-order valence-corrected chi connectivity index (χ4v) is 1.78. The Morgan fingerprint density at radius 3 is 2.44 bits per heavy atom. The number of nitrogens with zero attached hydrogens (tertiary/aromatic N) is 2. The summed E-state index contributed by atoms with van der Waals surface area (Å²) < 4.78 is 5.27. The molecular formula is C11H14N2O3. The SMILES string of the molecule is O=[N+]([O-])Cc1ccc(N2CCOCC2)cc1. The van der Waals surface area contributed by atoms with Crippen LogP contribution in [0.15, 0.2) is 24.3 Å². The van der Waals surface area contributed by atoms with Crippen LogP contribution in [-0.4, -0.2) is 31.2 Å². The Hall–Kier alpha value is -1.62. The number of morpholine rings is 1. The van der Waals surface area contributed by atoms with Gasteiger partial charge in [0.1, 0.15) is 0 Å². The summed E-state index contributed by atoms with van der Waals surface area (Å²) in [6.07, 6.45) is 0. The predicted molar refractivity (Wildman–Crippen MR) is 60.2 cm³/mol. The average Bonchev–Trinajstić information content (AvgIpc) is 2.30. The van der Waals surface area contributed by atoms with Crippen molar-refractivity contribution in [3.63, 3.8) is 0 Å². The lowest BCUT2D eigenvalue weighted by molar-refractivity contribution is -0.496. The molecule has 5 heteroatoms. The molecule has 0 bridgehead atoms. The van der Waals surface area contributed by atoms with Gasteiger partial charge in [0.25, 0.3) is 0 Å². The molecule has 0 aromatic heterocycles. The summed E-state index contributed by atoms with van der Waals surface area (Å²) in [4.78, 5) is 12.2. The van der Waals surface area contributed by atoms with E-state index >= 15 is 0 Å². The Kier molecular flexibility index (Phi) is 3.36. The van der Waals surface area contributed by atoms with Gasteiger partial charge in [0.2, 0.25) is 6.54 Å². The molecule has 0 unspecified atom stereocenters. The Bertz CT molecular complexity index is 358. The van der Waals surface area contributed by atoms with Crippen molar-refractivity contribution in [2.45, 2.75) is 6.54 Å². The maximum absolute atomic E-state index is 10.3. The van der Waals surface area contributed by atoms with Gasteiger partial charge in [-0.15, -0.1) is 0 Å². The van der Waals surface area contributed by atoms with Crippen LogP contribution >= 0.6 is 0 Å². The van der Waals surface area contributed by atoms with Crippen LogP contribution in [0.3, 0.4) is 0 Å². The summed E-state index contributed by atoms with van der Waals surface area (Å²) >= 11 is 0. The average molecular weight is 222 g/mol. The second kappa shape index (κ2) is 4.94. The predicted octanol–water partition coefficient (Wildman–Crippen LogP) is 1.30. The summed E-state index contributed by atoms with van der Waals surface area (Å²) in [5.74, 6) is 0. The first kappa shape index (κ1) is 10.9. The molecule has 1 saturated heterocycles. The van der Waals surface area contributed by atoms with E-state index in [0.717, 1.165) is 37.6 Å². The molecule has 86 valence electrons. The minimum atomic E-state index is -0.316.